The van der Waals surface area contributed by atoms with Crippen molar-refractivity contribution in [3.05, 3.63) is 107 Å². The van der Waals surface area contributed by atoms with Crippen molar-refractivity contribution in [1.29, 1.82) is 0 Å². The fraction of sp³-hybridized carbons (Fsp3) is 0.167. The minimum absolute atomic E-state index is 0.0392. The summed E-state index contributed by atoms with van der Waals surface area (Å²) in [5.41, 5.74) is 3.12. The Kier molecular flexibility index (Phi) is 5.82. The topological polar surface area (TPSA) is 46.2 Å². The maximum absolute atomic E-state index is 12.7. The molecule has 0 aliphatic rings. The van der Waals surface area contributed by atoms with Crippen LogP contribution in [0.2, 0.25) is 0 Å². The minimum atomic E-state index is -0.348. The van der Waals surface area contributed by atoms with E-state index in [9.17, 15) is 9.59 Å². The van der Waals surface area contributed by atoms with E-state index in [1.807, 2.05) is 80.6 Å². The predicted molar refractivity (Wildman–Crippen MR) is 108 cm³/mol. The van der Waals surface area contributed by atoms with E-state index in [2.05, 4.69) is 5.32 Å². The van der Waals surface area contributed by atoms with Gasteiger partial charge in [0.15, 0.2) is 5.78 Å². The molecule has 0 aliphatic heterocycles. The summed E-state index contributed by atoms with van der Waals surface area (Å²) < 4.78 is 0. The number of hydrogen-bond acceptors (Lipinski definition) is 2. The zero-order valence-corrected chi connectivity index (χ0v) is 15.6. The van der Waals surface area contributed by atoms with Crippen LogP contribution in [0.3, 0.4) is 0 Å². The predicted octanol–water partition coefficient (Wildman–Crippen LogP) is 4.90. The van der Waals surface area contributed by atoms with Gasteiger partial charge in [-0.25, -0.2) is 0 Å². The van der Waals surface area contributed by atoms with Gasteiger partial charge in [-0.1, -0.05) is 78.9 Å². The Labute approximate surface area is 160 Å². The molecule has 0 fully saturated rings. The molecular weight excluding hydrogens is 335 g/mol. The minimum Gasteiger partial charge on any atom is -0.349 e. The van der Waals surface area contributed by atoms with E-state index in [1.54, 1.807) is 18.2 Å². The van der Waals surface area contributed by atoms with Gasteiger partial charge in [-0.15, -0.1) is 0 Å². The monoisotopic (exact) mass is 358 g/mol. The molecule has 0 heterocycles. The fourth-order valence-corrected chi connectivity index (χ4v) is 3.02. The molecule has 0 saturated carbocycles. The van der Waals surface area contributed by atoms with E-state index < -0.39 is 0 Å². The highest BCUT2D eigenvalue weighted by atomic mass is 16.2. The summed E-state index contributed by atoms with van der Waals surface area (Å²) in [6, 6.07) is 26.3. The van der Waals surface area contributed by atoms with Crippen LogP contribution < -0.4 is 5.32 Å². The quantitative estimate of drug-likeness (QED) is 0.503. The Morgan fingerprint density at radius 3 is 1.93 bits per heavy atom. The maximum Gasteiger partial charge on any atom is 0.227 e. The lowest BCUT2D eigenvalue weighted by molar-refractivity contribution is -0.122. The van der Waals surface area contributed by atoms with Crippen molar-refractivity contribution >= 4 is 11.7 Å². The Bertz CT molecular complexity index is 919. The molecule has 1 N–H and O–H groups in total. The number of carbonyl (C=O) groups excluding carboxylic acids is 2. The Balaban J connectivity index is 1.74. The lowest BCUT2D eigenvalue weighted by Crippen LogP contribution is -2.30. The molecule has 0 aromatic heterocycles. The van der Waals surface area contributed by atoms with Gasteiger partial charge in [0, 0.05) is 11.1 Å². The van der Waals surface area contributed by atoms with E-state index in [1.165, 1.54) is 0 Å². The third-order valence-corrected chi connectivity index (χ3v) is 4.74. The molecule has 0 aliphatic carbocycles. The van der Waals surface area contributed by atoms with Crippen molar-refractivity contribution in [2.45, 2.75) is 25.8 Å². The summed E-state index contributed by atoms with van der Waals surface area (Å²) >= 11 is 0. The van der Waals surface area contributed by atoms with Gasteiger partial charge in [0.1, 0.15) is 0 Å². The van der Waals surface area contributed by atoms with Crippen LogP contribution in [0.4, 0.5) is 0 Å². The molecule has 0 saturated heterocycles. The van der Waals surface area contributed by atoms with Crippen LogP contribution in [0.25, 0.3) is 0 Å². The lowest BCUT2D eigenvalue weighted by Gasteiger charge is -2.18. The van der Waals surface area contributed by atoms with E-state index >= 15 is 0 Å². The zero-order valence-electron chi connectivity index (χ0n) is 15.6. The Hall–Kier alpha value is -3.20. The van der Waals surface area contributed by atoms with Crippen molar-refractivity contribution in [2.24, 2.45) is 0 Å². The van der Waals surface area contributed by atoms with Crippen LogP contribution in [-0.4, -0.2) is 11.7 Å². The van der Waals surface area contributed by atoms with E-state index in [0.29, 0.717) is 11.1 Å². The number of nitrogens with one attached hydrogen (secondary N) is 1. The number of ketones is 1. The number of rotatable bonds is 6. The average molecular weight is 358 g/mol. The molecule has 3 rings (SSSR count). The molecule has 3 heteroatoms. The van der Waals surface area contributed by atoms with Crippen LogP contribution in [0, 0.1) is 0 Å². The first kappa shape index (κ1) is 18.6. The van der Waals surface area contributed by atoms with E-state index in [0.717, 1.165) is 11.1 Å². The number of amides is 1. The first-order valence-corrected chi connectivity index (χ1v) is 9.11. The van der Waals surface area contributed by atoms with Crippen molar-refractivity contribution in [3.8, 4) is 0 Å². The van der Waals surface area contributed by atoms with Gasteiger partial charge in [0.25, 0.3) is 0 Å². The molecule has 3 aromatic carbocycles. The molecule has 3 nitrogen and oxygen atoms in total. The first-order valence-electron chi connectivity index (χ1n) is 9.11. The molecule has 0 bridgehead atoms. The normalized spacial score (nSPS) is 12.8. The summed E-state index contributed by atoms with van der Waals surface area (Å²) in [6.45, 7) is 3.83. The van der Waals surface area contributed by atoms with Gasteiger partial charge >= 0.3 is 0 Å². The Morgan fingerprint density at radius 2 is 1.26 bits per heavy atom. The van der Waals surface area contributed by atoms with Gasteiger partial charge in [0.2, 0.25) is 5.91 Å². The van der Waals surface area contributed by atoms with Crippen molar-refractivity contribution < 1.29 is 9.59 Å². The van der Waals surface area contributed by atoms with E-state index in [-0.39, 0.29) is 23.7 Å². The van der Waals surface area contributed by atoms with Gasteiger partial charge < -0.3 is 5.32 Å². The largest absolute Gasteiger partial charge is 0.349 e. The van der Waals surface area contributed by atoms with Crippen LogP contribution in [0.15, 0.2) is 84.9 Å². The summed E-state index contributed by atoms with van der Waals surface area (Å²) in [6.07, 6.45) is 0. The first-order chi connectivity index (χ1) is 13.1. The second-order valence-electron chi connectivity index (χ2n) is 6.68. The van der Waals surface area contributed by atoms with Crippen molar-refractivity contribution in [1.82, 2.24) is 5.32 Å². The second-order valence-corrected chi connectivity index (χ2v) is 6.68. The smallest absolute Gasteiger partial charge is 0.227 e. The fourth-order valence-electron chi connectivity index (χ4n) is 3.02. The zero-order chi connectivity index (χ0) is 19.2. The molecule has 136 valence electrons. The van der Waals surface area contributed by atoms with Crippen LogP contribution in [0.1, 0.15) is 52.9 Å². The van der Waals surface area contributed by atoms with Crippen molar-refractivity contribution in [3.63, 3.8) is 0 Å². The summed E-state index contributed by atoms with van der Waals surface area (Å²) in [5, 5.41) is 3.05. The molecule has 3 aromatic rings. The maximum atomic E-state index is 12.7. The highest BCUT2D eigenvalue weighted by molar-refractivity contribution is 6.09. The standard InChI is InChI=1S/C24H23NO2/c1-17(24(27)25-18(2)19-10-5-3-6-11-19)21-14-9-15-22(16-21)23(26)20-12-7-4-8-13-20/h3-18H,1-2H3,(H,25,27)/t17-,18+/m0/s1/i24+1. The molecule has 1 amide bonds. The van der Waals surface area contributed by atoms with Gasteiger partial charge in [-0.3, -0.25) is 9.59 Å². The number of benzene rings is 3. The number of carbonyl (C=O) groups is 2. The van der Waals surface area contributed by atoms with Crippen LogP contribution >= 0.6 is 0 Å². The van der Waals surface area contributed by atoms with Crippen LogP contribution in [-0.2, 0) is 4.79 Å². The number of hydrogen-bond donors (Lipinski definition) is 1. The van der Waals surface area contributed by atoms with Crippen molar-refractivity contribution in [2.75, 3.05) is 0 Å². The highest BCUT2D eigenvalue weighted by Crippen LogP contribution is 2.21. The lowest BCUT2D eigenvalue weighted by atomic mass is 9.98. The van der Waals surface area contributed by atoms with Gasteiger partial charge in [-0.2, -0.15) is 0 Å². The second kappa shape index (κ2) is 8.45. The molecular formula is C24H23NO2. The molecule has 0 radical (unpaired) electrons. The third kappa shape index (κ3) is 4.50. The van der Waals surface area contributed by atoms with Gasteiger partial charge in [0.05, 0.1) is 12.0 Å². The van der Waals surface area contributed by atoms with Crippen LogP contribution in [0.5, 0.6) is 0 Å². The summed E-state index contributed by atoms with van der Waals surface area (Å²) in [5.74, 6) is -0.446. The van der Waals surface area contributed by atoms with Gasteiger partial charge in [-0.05, 0) is 31.0 Å². The average Bonchev–Trinajstić information content (AvgIpc) is 2.74. The molecule has 27 heavy (non-hydrogen) atoms. The highest BCUT2D eigenvalue weighted by Gasteiger charge is 2.19. The molecule has 0 unspecified atom stereocenters. The Morgan fingerprint density at radius 1 is 0.704 bits per heavy atom. The SMILES string of the molecule is C[C@@H](N[13C](=O)[C@@H](C)c1cccc(C(=O)c2ccccc2)c1)c1ccccc1. The molecule has 2 atom stereocenters. The summed E-state index contributed by atoms with van der Waals surface area (Å²) in [7, 11) is 0. The third-order valence-electron chi connectivity index (χ3n) is 4.74. The summed E-state index contributed by atoms with van der Waals surface area (Å²) in [4.78, 5) is 25.3. The van der Waals surface area contributed by atoms with E-state index in [4.69, 9.17) is 0 Å². The molecule has 0 spiro atoms.